The Hall–Kier alpha value is -0.260. The molecular formula is C9H15N3S2. The van der Waals surface area contributed by atoms with Crippen LogP contribution in [0.3, 0.4) is 0 Å². The van der Waals surface area contributed by atoms with Crippen molar-refractivity contribution in [3.63, 3.8) is 0 Å². The quantitative estimate of drug-likeness (QED) is 0.837. The average Bonchev–Trinajstić information content (AvgIpc) is 2.56. The van der Waals surface area contributed by atoms with Crippen LogP contribution in [-0.2, 0) is 6.54 Å². The highest BCUT2D eigenvalue weighted by Crippen LogP contribution is 2.21. The molecule has 0 spiro atoms. The Morgan fingerprint density at radius 1 is 1.71 bits per heavy atom. The monoisotopic (exact) mass is 229 g/mol. The van der Waals surface area contributed by atoms with Crippen molar-refractivity contribution in [1.29, 1.82) is 0 Å². The van der Waals surface area contributed by atoms with Crippen molar-refractivity contribution in [3.8, 4) is 0 Å². The van der Waals surface area contributed by atoms with Gasteiger partial charge in [-0.2, -0.15) is 11.8 Å². The van der Waals surface area contributed by atoms with Crippen LogP contribution in [0.2, 0.25) is 0 Å². The zero-order chi connectivity index (χ0) is 9.97. The topological polar surface area (TPSA) is 42.2 Å². The first-order chi connectivity index (χ1) is 6.75. The molecule has 0 radical (unpaired) electrons. The van der Waals surface area contributed by atoms with Crippen molar-refractivity contribution >= 4 is 28.2 Å². The maximum absolute atomic E-state index is 5.60. The highest BCUT2D eigenvalue weighted by Gasteiger charge is 2.19. The summed E-state index contributed by atoms with van der Waals surface area (Å²) >= 11 is 3.65. The number of hydrogen-bond donors (Lipinski definition) is 1. The summed E-state index contributed by atoms with van der Waals surface area (Å²) in [5.41, 5.74) is 5.60. The normalized spacial score (nSPS) is 23.9. The number of nitrogen functional groups attached to an aromatic ring is 1. The third-order valence-electron chi connectivity index (χ3n) is 2.44. The van der Waals surface area contributed by atoms with Crippen LogP contribution in [0.5, 0.6) is 0 Å². The van der Waals surface area contributed by atoms with E-state index in [0.29, 0.717) is 11.2 Å². The molecule has 0 aromatic carbocycles. The lowest BCUT2D eigenvalue weighted by molar-refractivity contribution is 0.226. The number of anilines is 1. The standard InChI is InChI=1S/C9H15N3S2/c1-7-6-13-3-2-12(7)5-8-4-11-9(10)14-8/h4,7H,2-3,5-6H2,1H3,(H2,10,11). The minimum atomic E-state index is 0.678. The number of rotatable bonds is 2. The molecule has 0 bridgehead atoms. The van der Waals surface area contributed by atoms with Gasteiger partial charge in [0.25, 0.3) is 0 Å². The Labute approximate surface area is 92.7 Å². The van der Waals surface area contributed by atoms with E-state index in [-0.39, 0.29) is 0 Å². The predicted molar refractivity (Wildman–Crippen MR) is 63.7 cm³/mol. The van der Waals surface area contributed by atoms with Crippen LogP contribution in [0.4, 0.5) is 5.13 Å². The lowest BCUT2D eigenvalue weighted by atomic mass is 10.3. The summed E-state index contributed by atoms with van der Waals surface area (Å²) in [4.78, 5) is 7.85. The third kappa shape index (κ3) is 2.40. The van der Waals surface area contributed by atoms with Gasteiger partial charge >= 0.3 is 0 Å². The van der Waals surface area contributed by atoms with Crippen molar-refractivity contribution in [2.24, 2.45) is 0 Å². The molecule has 0 aliphatic carbocycles. The van der Waals surface area contributed by atoms with Crippen molar-refractivity contribution in [2.45, 2.75) is 19.5 Å². The first kappa shape index (κ1) is 10.3. The summed E-state index contributed by atoms with van der Waals surface area (Å²) in [6.07, 6.45) is 1.90. The van der Waals surface area contributed by atoms with Gasteiger partial charge in [-0.3, -0.25) is 4.90 Å². The molecule has 1 aromatic heterocycles. The second-order valence-corrected chi connectivity index (χ2v) is 5.86. The zero-order valence-electron chi connectivity index (χ0n) is 8.27. The molecule has 1 atom stereocenters. The van der Waals surface area contributed by atoms with Crippen LogP contribution in [0.25, 0.3) is 0 Å². The summed E-state index contributed by atoms with van der Waals surface area (Å²) < 4.78 is 0. The number of aromatic nitrogens is 1. The Balaban J connectivity index is 1.95. The predicted octanol–water partition coefficient (Wildman–Crippen LogP) is 1.66. The second kappa shape index (κ2) is 4.51. The molecular weight excluding hydrogens is 214 g/mol. The van der Waals surface area contributed by atoms with E-state index in [9.17, 15) is 0 Å². The molecule has 0 saturated carbocycles. The molecule has 1 aliphatic rings. The minimum absolute atomic E-state index is 0.678. The van der Waals surface area contributed by atoms with Crippen LogP contribution < -0.4 is 5.73 Å². The van der Waals surface area contributed by atoms with Gasteiger partial charge in [0.1, 0.15) is 0 Å². The molecule has 1 aromatic rings. The molecule has 2 heterocycles. The molecule has 1 unspecified atom stereocenters. The van der Waals surface area contributed by atoms with Gasteiger partial charge in [-0.1, -0.05) is 0 Å². The van der Waals surface area contributed by atoms with E-state index in [1.807, 2.05) is 18.0 Å². The molecule has 14 heavy (non-hydrogen) atoms. The van der Waals surface area contributed by atoms with E-state index in [0.717, 1.165) is 6.54 Å². The molecule has 1 aliphatic heterocycles. The van der Waals surface area contributed by atoms with Gasteiger partial charge in [-0.05, 0) is 6.92 Å². The lowest BCUT2D eigenvalue weighted by Crippen LogP contribution is -2.39. The fraction of sp³-hybridized carbons (Fsp3) is 0.667. The summed E-state index contributed by atoms with van der Waals surface area (Å²) in [6.45, 7) is 4.48. The van der Waals surface area contributed by atoms with Crippen LogP contribution >= 0.6 is 23.1 Å². The van der Waals surface area contributed by atoms with Crippen LogP contribution in [0.15, 0.2) is 6.20 Å². The molecule has 3 nitrogen and oxygen atoms in total. The van der Waals surface area contributed by atoms with Gasteiger partial charge < -0.3 is 5.73 Å². The lowest BCUT2D eigenvalue weighted by Gasteiger charge is -2.32. The summed E-state index contributed by atoms with van der Waals surface area (Å²) in [7, 11) is 0. The number of nitrogens with zero attached hydrogens (tertiary/aromatic N) is 2. The van der Waals surface area contributed by atoms with Crippen LogP contribution in [0, 0.1) is 0 Å². The minimum Gasteiger partial charge on any atom is -0.375 e. The first-order valence-corrected chi connectivity index (χ1v) is 6.75. The van der Waals surface area contributed by atoms with Gasteiger partial charge in [0.15, 0.2) is 5.13 Å². The third-order valence-corrected chi connectivity index (χ3v) is 4.44. The Kier molecular flexibility index (Phi) is 3.30. The summed E-state index contributed by atoms with van der Waals surface area (Å²) in [5.74, 6) is 2.49. The number of nitrogens with two attached hydrogens (primary N) is 1. The highest BCUT2D eigenvalue weighted by molar-refractivity contribution is 7.99. The molecule has 0 amide bonds. The fourth-order valence-corrected chi connectivity index (χ4v) is 3.38. The van der Waals surface area contributed by atoms with Gasteiger partial charge in [-0.25, -0.2) is 4.98 Å². The largest absolute Gasteiger partial charge is 0.375 e. The molecule has 5 heteroatoms. The number of hydrogen-bond acceptors (Lipinski definition) is 5. The van der Waals surface area contributed by atoms with Crippen molar-refractivity contribution < 1.29 is 0 Å². The maximum Gasteiger partial charge on any atom is 0.180 e. The van der Waals surface area contributed by atoms with Crippen LogP contribution in [0.1, 0.15) is 11.8 Å². The Morgan fingerprint density at radius 3 is 3.21 bits per heavy atom. The van der Waals surface area contributed by atoms with Crippen LogP contribution in [-0.4, -0.2) is 34.0 Å². The smallest absolute Gasteiger partial charge is 0.180 e. The van der Waals surface area contributed by atoms with Gasteiger partial charge in [0.2, 0.25) is 0 Å². The number of thiazole rings is 1. The van der Waals surface area contributed by atoms with E-state index in [4.69, 9.17) is 5.73 Å². The van der Waals surface area contributed by atoms with Gasteiger partial charge in [0, 0.05) is 41.7 Å². The zero-order valence-corrected chi connectivity index (χ0v) is 9.90. The molecule has 2 rings (SSSR count). The van der Waals surface area contributed by atoms with Crippen molar-refractivity contribution in [2.75, 3.05) is 23.8 Å². The van der Waals surface area contributed by atoms with Crippen molar-refractivity contribution in [1.82, 2.24) is 9.88 Å². The summed E-state index contributed by atoms with van der Waals surface area (Å²) in [5, 5.41) is 0.680. The Bertz CT molecular complexity index is 300. The van der Waals surface area contributed by atoms with E-state index >= 15 is 0 Å². The van der Waals surface area contributed by atoms with E-state index in [2.05, 4.69) is 16.8 Å². The first-order valence-electron chi connectivity index (χ1n) is 4.77. The fourth-order valence-electron chi connectivity index (χ4n) is 1.59. The molecule has 1 fully saturated rings. The molecule has 2 N–H and O–H groups in total. The van der Waals surface area contributed by atoms with Gasteiger partial charge in [-0.15, -0.1) is 11.3 Å². The van der Waals surface area contributed by atoms with Gasteiger partial charge in [0.05, 0.1) is 0 Å². The average molecular weight is 229 g/mol. The second-order valence-electron chi connectivity index (χ2n) is 3.56. The highest BCUT2D eigenvalue weighted by atomic mass is 32.2. The Morgan fingerprint density at radius 2 is 2.57 bits per heavy atom. The van der Waals surface area contributed by atoms with E-state index < -0.39 is 0 Å². The number of thioether (sulfide) groups is 1. The van der Waals surface area contributed by atoms with E-state index in [1.165, 1.54) is 22.9 Å². The van der Waals surface area contributed by atoms with Crippen molar-refractivity contribution in [3.05, 3.63) is 11.1 Å². The summed E-state index contributed by atoms with van der Waals surface area (Å²) in [6, 6.07) is 0.678. The van der Waals surface area contributed by atoms with E-state index in [1.54, 1.807) is 11.3 Å². The molecule has 1 saturated heterocycles. The SMILES string of the molecule is CC1CSCCN1Cc1cnc(N)s1. The molecule has 78 valence electrons. The maximum atomic E-state index is 5.60.